The fourth-order valence-corrected chi connectivity index (χ4v) is 2.18. The van der Waals surface area contributed by atoms with Crippen LogP contribution in [0.15, 0.2) is 54.6 Å². The van der Waals surface area contributed by atoms with Gasteiger partial charge < -0.3 is 15.6 Å². The summed E-state index contributed by atoms with van der Waals surface area (Å²) < 4.78 is 5.64. The van der Waals surface area contributed by atoms with E-state index in [2.05, 4.69) is 13.0 Å². The van der Waals surface area contributed by atoms with E-state index >= 15 is 0 Å². The zero-order chi connectivity index (χ0) is 15.1. The van der Waals surface area contributed by atoms with Crippen LogP contribution in [-0.2, 0) is 12.8 Å². The fraction of sp³-hybridized carbons (Fsp3) is 0.333. The second-order valence-electron chi connectivity index (χ2n) is 5.23. The van der Waals surface area contributed by atoms with Crippen LogP contribution < -0.4 is 10.5 Å². The van der Waals surface area contributed by atoms with Gasteiger partial charge in [-0.3, -0.25) is 0 Å². The first-order valence-electron chi connectivity index (χ1n) is 7.38. The third-order valence-corrected chi connectivity index (χ3v) is 3.54. The number of aliphatic hydroxyl groups excluding tert-OH is 1. The van der Waals surface area contributed by atoms with E-state index in [4.69, 9.17) is 10.5 Å². The maximum atomic E-state index is 10.1. The number of benzene rings is 2. The molecule has 3 heteroatoms. The molecule has 0 aliphatic heterocycles. The van der Waals surface area contributed by atoms with E-state index in [9.17, 15) is 5.11 Å². The van der Waals surface area contributed by atoms with Gasteiger partial charge in [0.1, 0.15) is 18.5 Å². The van der Waals surface area contributed by atoms with Crippen molar-refractivity contribution in [2.45, 2.75) is 31.9 Å². The molecule has 0 spiro atoms. The van der Waals surface area contributed by atoms with Gasteiger partial charge in [-0.2, -0.15) is 0 Å². The van der Waals surface area contributed by atoms with E-state index < -0.39 is 6.10 Å². The van der Waals surface area contributed by atoms with Crippen molar-refractivity contribution >= 4 is 0 Å². The van der Waals surface area contributed by atoms with E-state index in [1.54, 1.807) is 0 Å². The summed E-state index contributed by atoms with van der Waals surface area (Å²) in [6.45, 7) is 2.31. The number of hydrogen-bond donors (Lipinski definition) is 2. The SMILES string of the molecule is CCc1cccc(OCC(O)C(N)Cc2ccccc2)c1. The van der Waals surface area contributed by atoms with Crippen molar-refractivity contribution in [2.75, 3.05) is 6.61 Å². The van der Waals surface area contributed by atoms with Crippen LogP contribution in [0.25, 0.3) is 0 Å². The Balaban J connectivity index is 1.84. The highest BCUT2D eigenvalue weighted by Crippen LogP contribution is 2.14. The largest absolute Gasteiger partial charge is 0.491 e. The Kier molecular flexibility index (Phi) is 5.78. The molecule has 2 unspecified atom stereocenters. The molecule has 2 aromatic rings. The van der Waals surface area contributed by atoms with Gasteiger partial charge in [-0.25, -0.2) is 0 Å². The van der Waals surface area contributed by atoms with Crippen LogP contribution in [0.3, 0.4) is 0 Å². The number of aryl methyl sites for hydroxylation is 1. The normalized spacial score (nSPS) is 13.7. The van der Waals surface area contributed by atoms with Gasteiger partial charge in [-0.05, 0) is 36.1 Å². The van der Waals surface area contributed by atoms with Crippen molar-refractivity contribution in [3.63, 3.8) is 0 Å². The Bertz CT molecular complexity index is 542. The number of rotatable bonds is 7. The Morgan fingerprint density at radius 3 is 2.48 bits per heavy atom. The van der Waals surface area contributed by atoms with Crippen LogP contribution in [0.2, 0.25) is 0 Å². The molecule has 0 saturated carbocycles. The van der Waals surface area contributed by atoms with Crippen LogP contribution in [0, 0.1) is 0 Å². The number of hydrogen-bond acceptors (Lipinski definition) is 3. The van der Waals surface area contributed by atoms with Gasteiger partial charge in [0.2, 0.25) is 0 Å². The Labute approximate surface area is 126 Å². The molecule has 3 N–H and O–H groups in total. The molecule has 112 valence electrons. The first-order valence-corrected chi connectivity index (χ1v) is 7.38. The molecular formula is C18H23NO2. The summed E-state index contributed by atoms with van der Waals surface area (Å²) in [6.07, 6.45) is 0.920. The van der Waals surface area contributed by atoms with E-state index in [1.165, 1.54) is 5.56 Å². The summed E-state index contributed by atoms with van der Waals surface area (Å²) in [6, 6.07) is 17.5. The quantitative estimate of drug-likeness (QED) is 0.822. The van der Waals surface area contributed by atoms with Crippen molar-refractivity contribution in [1.29, 1.82) is 0 Å². The topological polar surface area (TPSA) is 55.5 Å². The van der Waals surface area contributed by atoms with Gasteiger partial charge in [-0.15, -0.1) is 0 Å². The Morgan fingerprint density at radius 2 is 1.76 bits per heavy atom. The maximum Gasteiger partial charge on any atom is 0.119 e. The van der Waals surface area contributed by atoms with E-state index in [0.717, 1.165) is 17.7 Å². The zero-order valence-corrected chi connectivity index (χ0v) is 12.4. The predicted molar refractivity (Wildman–Crippen MR) is 85.4 cm³/mol. The lowest BCUT2D eigenvalue weighted by Gasteiger charge is -2.19. The average Bonchev–Trinajstić information content (AvgIpc) is 2.53. The number of ether oxygens (including phenoxy) is 1. The van der Waals surface area contributed by atoms with E-state index in [1.807, 2.05) is 48.5 Å². The van der Waals surface area contributed by atoms with Crippen molar-refractivity contribution < 1.29 is 9.84 Å². The van der Waals surface area contributed by atoms with Gasteiger partial charge in [-0.1, -0.05) is 49.4 Å². The second kappa shape index (κ2) is 7.81. The van der Waals surface area contributed by atoms with E-state index in [-0.39, 0.29) is 12.6 Å². The molecule has 2 rings (SSSR count). The molecule has 0 amide bonds. The van der Waals surface area contributed by atoms with Crippen LogP contribution in [0.5, 0.6) is 5.75 Å². The van der Waals surface area contributed by atoms with Gasteiger partial charge >= 0.3 is 0 Å². The van der Waals surface area contributed by atoms with Crippen LogP contribution >= 0.6 is 0 Å². The molecule has 0 saturated heterocycles. The van der Waals surface area contributed by atoms with Crippen molar-refractivity contribution in [1.82, 2.24) is 0 Å². The standard InChI is InChI=1S/C18H23NO2/c1-2-14-9-6-10-16(11-14)21-13-18(20)17(19)12-15-7-4-3-5-8-15/h3-11,17-18,20H,2,12-13,19H2,1H3. The summed E-state index contributed by atoms with van der Waals surface area (Å²) in [5.41, 5.74) is 8.38. The lowest BCUT2D eigenvalue weighted by atomic mass is 10.0. The monoisotopic (exact) mass is 285 g/mol. The molecule has 0 aliphatic rings. The highest BCUT2D eigenvalue weighted by Gasteiger charge is 2.16. The molecule has 3 nitrogen and oxygen atoms in total. The lowest BCUT2D eigenvalue weighted by Crippen LogP contribution is -2.40. The van der Waals surface area contributed by atoms with E-state index in [0.29, 0.717) is 6.42 Å². The molecular weight excluding hydrogens is 262 g/mol. The zero-order valence-electron chi connectivity index (χ0n) is 12.4. The average molecular weight is 285 g/mol. The number of nitrogens with two attached hydrogens (primary N) is 1. The first kappa shape index (κ1) is 15.5. The number of aliphatic hydroxyl groups is 1. The molecule has 0 heterocycles. The summed E-state index contributed by atoms with van der Waals surface area (Å²) in [5.74, 6) is 0.778. The van der Waals surface area contributed by atoms with Gasteiger partial charge in [0.15, 0.2) is 0 Å². The molecule has 21 heavy (non-hydrogen) atoms. The van der Waals surface area contributed by atoms with Crippen LogP contribution in [0.4, 0.5) is 0 Å². The third-order valence-electron chi connectivity index (χ3n) is 3.54. The molecule has 0 radical (unpaired) electrons. The highest BCUT2D eigenvalue weighted by molar-refractivity contribution is 5.28. The van der Waals surface area contributed by atoms with Gasteiger partial charge in [0, 0.05) is 6.04 Å². The van der Waals surface area contributed by atoms with Crippen molar-refractivity contribution in [3.8, 4) is 5.75 Å². The lowest BCUT2D eigenvalue weighted by molar-refractivity contribution is 0.0851. The van der Waals surface area contributed by atoms with Crippen LogP contribution in [-0.4, -0.2) is 23.9 Å². The fourth-order valence-electron chi connectivity index (χ4n) is 2.18. The van der Waals surface area contributed by atoms with Crippen molar-refractivity contribution in [2.24, 2.45) is 5.73 Å². The molecule has 0 bridgehead atoms. The molecule has 0 aliphatic carbocycles. The minimum atomic E-state index is -0.685. The predicted octanol–water partition coefficient (Wildman–Crippen LogP) is 2.56. The Hall–Kier alpha value is -1.84. The minimum Gasteiger partial charge on any atom is -0.491 e. The van der Waals surface area contributed by atoms with Crippen LogP contribution in [0.1, 0.15) is 18.1 Å². The first-order chi connectivity index (χ1) is 10.2. The molecule has 0 fully saturated rings. The summed E-state index contributed by atoms with van der Waals surface area (Å²) >= 11 is 0. The summed E-state index contributed by atoms with van der Waals surface area (Å²) in [7, 11) is 0. The highest BCUT2D eigenvalue weighted by atomic mass is 16.5. The summed E-state index contributed by atoms with van der Waals surface area (Å²) in [4.78, 5) is 0. The minimum absolute atomic E-state index is 0.209. The summed E-state index contributed by atoms with van der Waals surface area (Å²) in [5, 5.41) is 10.1. The molecule has 2 atom stereocenters. The third kappa shape index (κ3) is 4.88. The van der Waals surface area contributed by atoms with Gasteiger partial charge in [0.25, 0.3) is 0 Å². The maximum absolute atomic E-state index is 10.1. The van der Waals surface area contributed by atoms with Crippen molar-refractivity contribution in [3.05, 3.63) is 65.7 Å². The van der Waals surface area contributed by atoms with Gasteiger partial charge in [0.05, 0.1) is 0 Å². The molecule has 0 aromatic heterocycles. The smallest absolute Gasteiger partial charge is 0.119 e. The Morgan fingerprint density at radius 1 is 1.05 bits per heavy atom. The molecule has 2 aromatic carbocycles. The second-order valence-corrected chi connectivity index (χ2v) is 5.23.